The van der Waals surface area contributed by atoms with Crippen molar-refractivity contribution in [3.8, 4) is 11.4 Å². The molecule has 0 aliphatic carbocycles. The molecule has 0 spiro atoms. The molecule has 2 atom stereocenters. The molecule has 15 heteroatoms. The zero-order valence-electron chi connectivity index (χ0n) is 25.0. The number of aryl methyl sites for hydroxylation is 1. The van der Waals surface area contributed by atoms with Gasteiger partial charge in [0.25, 0.3) is 5.91 Å². The third-order valence-electron chi connectivity index (χ3n) is 8.07. The zero-order chi connectivity index (χ0) is 34.3. The highest BCUT2D eigenvalue weighted by Gasteiger charge is 2.46. The Morgan fingerprint density at radius 1 is 1.04 bits per heavy atom. The molecule has 48 heavy (non-hydrogen) atoms. The van der Waals surface area contributed by atoms with Gasteiger partial charge in [0, 0.05) is 52.9 Å². The van der Waals surface area contributed by atoms with Crippen molar-refractivity contribution >= 4 is 39.4 Å². The number of alkyl halides is 3. The van der Waals surface area contributed by atoms with E-state index in [4.69, 9.17) is 4.74 Å². The number of aromatic nitrogens is 3. The van der Waals surface area contributed by atoms with Crippen molar-refractivity contribution in [3.05, 3.63) is 95.1 Å². The normalized spacial score (nSPS) is 15.9. The van der Waals surface area contributed by atoms with Crippen LogP contribution in [0.5, 0.6) is 0 Å². The predicted octanol–water partition coefficient (Wildman–Crippen LogP) is 5.76. The van der Waals surface area contributed by atoms with Gasteiger partial charge in [0.15, 0.2) is 5.82 Å². The summed E-state index contributed by atoms with van der Waals surface area (Å²) in [6, 6.07) is 7.95. The van der Waals surface area contributed by atoms with Gasteiger partial charge in [-0.3, -0.25) is 9.78 Å². The third-order valence-corrected chi connectivity index (χ3v) is 8.07. The van der Waals surface area contributed by atoms with E-state index in [9.17, 15) is 32.3 Å². The summed E-state index contributed by atoms with van der Waals surface area (Å²) in [6.45, 7) is 0.590. The predicted molar refractivity (Wildman–Crippen MR) is 162 cm³/mol. The van der Waals surface area contributed by atoms with Crippen LogP contribution in [0.4, 0.5) is 32.0 Å². The number of halogens is 6. The van der Waals surface area contributed by atoms with Gasteiger partial charge in [0.2, 0.25) is 0 Å². The average molecular weight is 670 g/mol. The molecule has 6 rings (SSSR count). The van der Waals surface area contributed by atoms with Crippen LogP contribution in [0.1, 0.15) is 21.6 Å². The first-order valence-corrected chi connectivity index (χ1v) is 14.6. The number of anilines is 1. The summed E-state index contributed by atoms with van der Waals surface area (Å²) in [5.74, 6) is -6.10. The Hall–Kier alpha value is -5.31. The number of carbonyl (C=O) groups is 2. The molecule has 0 bridgehead atoms. The lowest BCUT2D eigenvalue weighted by Gasteiger charge is -2.38. The Bertz CT molecular complexity index is 2050. The molecule has 1 fully saturated rings. The molecule has 3 aromatic carbocycles. The SMILES string of the molecule is Cc1nc(-c2ccc(C[C@H](NC(=O)c3c(F)cc(N4CCOC[C@@H]4C(F)(F)F)cc3F)C(=O)O)c3cccnc23)nc2cc(F)ccc12. The smallest absolute Gasteiger partial charge is 0.411 e. The number of nitrogens with one attached hydrogen (secondary N) is 1. The first-order valence-electron chi connectivity index (χ1n) is 14.6. The van der Waals surface area contributed by atoms with Crippen LogP contribution in [0.2, 0.25) is 0 Å². The number of benzene rings is 3. The molecule has 1 aliphatic heterocycles. The molecule has 9 nitrogen and oxygen atoms in total. The Morgan fingerprint density at radius 3 is 2.50 bits per heavy atom. The molecule has 1 amide bonds. The molecule has 2 aromatic heterocycles. The molecule has 1 aliphatic rings. The van der Waals surface area contributed by atoms with Crippen molar-refractivity contribution in [2.45, 2.75) is 31.6 Å². The number of carboxylic acid groups (broad SMARTS) is 1. The fourth-order valence-electron chi connectivity index (χ4n) is 5.75. The number of hydrogen-bond acceptors (Lipinski definition) is 7. The topological polar surface area (TPSA) is 118 Å². The van der Waals surface area contributed by atoms with Crippen molar-refractivity contribution in [1.29, 1.82) is 0 Å². The van der Waals surface area contributed by atoms with Gasteiger partial charge >= 0.3 is 12.1 Å². The molecule has 2 N–H and O–H groups in total. The first-order chi connectivity index (χ1) is 22.8. The molecule has 0 saturated carbocycles. The number of aliphatic carboxylic acids is 1. The molecule has 248 valence electrons. The summed E-state index contributed by atoms with van der Waals surface area (Å²) in [5, 5.41) is 13.2. The summed E-state index contributed by atoms with van der Waals surface area (Å²) < 4.78 is 89.7. The molecule has 5 aromatic rings. The van der Waals surface area contributed by atoms with E-state index in [1.807, 2.05) is 0 Å². The van der Waals surface area contributed by atoms with Gasteiger partial charge in [-0.05, 0) is 48.9 Å². The number of carbonyl (C=O) groups excluding carboxylic acids is 1. The van der Waals surface area contributed by atoms with E-state index in [0.717, 1.165) is 4.90 Å². The quantitative estimate of drug-likeness (QED) is 0.210. The zero-order valence-corrected chi connectivity index (χ0v) is 25.0. The number of pyridine rings is 1. The number of carboxylic acids is 1. The van der Waals surface area contributed by atoms with Gasteiger partial charge < -0.3 is 20.1 Å². The number of rotatable bonds is 7. The monoisotopic (exact) mass is 669 g/mol. The summed E-state index contributed by atoms with van der Waals surface area (Å²) in [5.41, 5.74) is 0.622. The second-order valence-electron chi connectivity index (χ2n) is 11.1. The first kappa shape index (κ1) is 32.6. The summed E-state index contributed by atoms with van der Waals surface area (Å²) in [4.78, 5) is 39.5. The van der Waals surface area contributed by atoms with E-state index >= 15 is 8.78 Å². The minimum atomic E-state index is -4.75. The van der Waals surface area contributed by atoms with E-state index in [2.05, 4.69) is 20.3 Å². The van der Waals surface area contributed by atoms with Crippen molar-refractivity contribution in [1.82, 2.24) is 20.3 Å². The number of ether oxygens (including phenoxy) is 1. The van der Waals surface area contributed by atoms with Gasteiger partial charge in [-0.25, -0.2) is 27.9 Å². The Kier molecular flexibility index (Phi) is 8.64. The van der Waals surface area contributed by atoms with Gasteiger partial charge in [0.1, 0.15) is 35.1 Å². The van der Waals surface area contributed by atoms with Crippen LogP contribution >= 0.6 is 0 Å². The van der Waals surface area contributed by atoms with Gasteiger partial charge in [-0.15, -0.1) is 0 Å². The van der Waals surface area contributed by atoms with Crippen LogP contribution in [0.3, 0.4) is 0 Å². The molecule has 0 unspecified atom stereocenters. The third kappa shape index (κ3) is 6.32. The van der Waals surface area contributed by atoms with Crippen LogP contribution in [0, 0.1) is 24.4 Å². The molecular weight excluding hydrogens is 644 g/mol. The maximum Gasteiger partial charge on any atom is 0.411 e. The van der Waals surface area contributed by atoms with Gasteiger partial charge in [0.05, 0.1) is 24.2 Å². The van der Waals surface area contributed by atoms with Crippen LogP contribution in [0.15, 0.2) is 60.8 Å². The maximum absolute atomic E-state index is 15.2. The van der Waals surface area contributed by atoms with E-state index in [0.29, 0.717) is 50.8 Å². The lowest BCUT2D eigenvalue weighted by Crippen LogP contribution is -2.53. The summed E-state index contributed by atoms with van der Waals surface area (Å²) in [7, 11) is 0. The fraction of sp³-hybridized carbons (Fsp3) is 0.242. The minimum absolute atomic E-state index is 0.113. The summed E-state index contributed by atoms with van der Waals surface area (Å²) >= 11 is 0. The van der Waals surface area contributed by atoms with Crippen LogP contribution in [0.25, 0.3) is 33.2 Å². The second kappa shape index (κ2) is 12.7. The Balaban J connectivity index is 1.29. The Labute approximate surface area is 268 Å². The number of amides is 1. The number of hydrogen-bond donors (Lipinski definition) is 2. The highest BCUT2D eigenvalue weighted by Crippen LogP contribution is 2.33. The van der Waals surface area contributed by atoms with Gasteiger partial charge in [-0.1, -0.05) is 12.1 Å². The summed E-state index contributed by atoms with van der Waals surface area (Å²) in [6.07, 6.45) is -3.59. The highest BCUT2D eigenvalue weighted by atomic mass is 19.4. The lowest BCUT2D eigenvalue weighted by atomic mass is 9.97. The van der Waals surface area contributed by atoms with E-state index in [1.165, 1.54) is 18.3 Å². The minimum Gasteiger partial charge on any atom is -0.480 e. The fourth-order valence-corrected chi connectivity index (χ4v) is 5.75. The lowest BCUT2D eigenvalue weighted by molar-refractivity contribution is -0.167. The Morgan fingerprint density at radius 2 is 1.79 bits per heavy atom. The van der Waals surface area contributed by atoms with Crippen molar-refractivity contribution in [2.24, 2.45) is 0 Å². The van der Waals surface area contributed by atoms with Crippen molar-refractivity contribution < 1.29 is 45.8 Å². The number of nitrogens with zero attached hydrogens (tertiary/aromatic N) is 4. The van der Waals surface area contributed by atoms with Crippen LogP contribution < -0.4 is 10.2 Å². The van der Waals surface area contributed by atoms with Crippen molar-refractivity contribution in [3.63, 3.8) is 0 Å². The van der Waals surface area contributed by atoms with Crippen LogP contribution in [-0.4, -0.2) is 70.0 Å². The molecule has 3 heterocycles. The van der Waals surface area contributed by atoms with E-state index in [-0.39, 0.29) is 25.4 Å². The molecular formula is C33H25F6N5O4. The number of fused-ring (bicyclic) bond motifs is 2. The standard InChI is InChI=1S/C33H25F6N5O4/c1-16-20-7-5-18(34)12-25(20)42-30(41-16)22-6-4-17(21-3-2-8-40-29(21)22)11-26(32(46)47)43-31(45)28-23(35)13-19(14-24(28)36)44-9-10-48-15-27(44)33(37,38)39/h2-8,12-14,26-27H,9-11,15H2,1H3,(H,43,45)(H,46,47)/t26-,27+/m0/s1. The average Bonchev–Trinajstić information content (AvgIpc) is 3.03. The van der Waals surface area contributed by atoms with E-state index < -0.39 is 65.4 Å². The largest absolute Gasteiger partial charge is 0.480 e. The van der Waals surface area contributed by atoms with Crippen molar-refractivity contribution in [2.75, 3.05) is 24.7 Å². The second-order valence-corrected chi connectivity index (χ2v) is 11.1. The van der Waals surface area contributed by atoms with Gasteiger partial charge in [-0.2, -0.15) is 13.2 Å². The van der Waals surface area contributed by atoms with E-state index in [1.54, 1.807) is 37.3 Å². The maximum atomic E-state index is 15.2. The molecule has 1 saturated heterocycles. The van der Waals surface area contributed by atoms with Crippen LogP contribution in [-0.2, 0) is 16.0 Å². The highest BCUT2D eigenvalue weighted by molar-refractivity contribution is 5.98. The number of morpholine rings is 1. The molecule has 0 radical (unpaired) electrons.